The number of ether oxygens (including phenoxy) is 1. The summed E-state index contributed by atoms with van der Waals surface area (Å²) >= 11 is 1.53. The molecule has 22 heavy (non-hydrogen) atoms. The number of hydrogen-bond acceptors (Lipinski definition) is 4. The van der Waals surface area contributed by atoms with Gasteiger partial charge < -0.3 is 4.74 Å². The molecule has 3 rings (SSSR count). The average molecular weight is 309 g/mol. The number of rotatable bonds is 4. The lowest BCUT2D eigenvalue weighted by atomic mass is 10.1. The minimum Gasteiger partial charge on any atom is -0.462 e. The van der Waals surface area contributed by atoms with E-state index in [0.29, 0.717) is 12.2 Å². The zero-order valence-corrected chi connectivity index (χ0v) is 13.0. The summed E-state index contributed by atoms with van der Waals surface area (Å²) in [7, 11) is 0. The average Bonchev–Trinajstić information content (AvgIpc) is 2.55. The third-order valence-corrected chi connectivity index (χ3v) is 4.08. The largest absolute Gasteiger partial charge is 0.462 e. The topological polar surface area (TPSA) is 39.2 Å². The Bertz CT molecular complexity index is 803. The Morgan fingerprint density at radius 3 is 2.59 bits per heavy atom. The highest BCUT2D eigenvalue weighted by molar-refractivity contribution is 7.99. The first-order valence-electron chi connectivity index (χ1n) is 7.07. The number of carbonyl (C=O) groups is 1. The van der Waals surface area contributed by atoms with Gasteiger partial charge in [-0.15, -0.1) is 0 Å². The van der Waals surface area contributed by atoms with Crippen LogP contribution in [0.25, 0.3) is 10.9 Å². The van der Waals surface area contributed by atoms with Crippen LogP contribution in [0.1, 0.15) is 17.3 Å². The van der Waals surface area contributed by atoms with Crippen LogP contribution in [0.15, 0.2) is 70.6 Å². The van der Waals surface area contributed by atoms with Crippen LogP contribution >= 0.6 is 11.8 Å². The van der Waals surface area contributed by atoms with Crippen LogP contribution < -0.4 is 0 Å². The summed E-state index contributed by atoms with van der Waals surface area (Å²) in [5, 5.41) is 1.60. The number of benzene rings is 2. The van der Waals surface area contributed by atoms with Crippen molar-refractivity contribution in [3.05, 3.63) is 66.2 Å². The minimum absolute atomic E-state index is 0.309. The Balaban J connectivity index is 2.06. The first kappa shape index (κ1) is 14.6. The molecule has 0 radical (unpaired) electrons. The molecule has 0 N–H and O–H groups in total. The van der Waals surface area contributed by atoms with Gasteiger partial charge in [0.2, 0.25) is 0 Å². The van der Waals surface area contributed by atoms with E-state index in [1.54, 1.807) is 13.0 Å². The van der Waals surface area contributed by atoms with E-state index in [2.05, 4.69) is 4.98 Å². The Kier molecular flexibility index (Phi) is 4.39. The van der Waals surface area contributed by atoms with Gasteiger partial charge in [-0.1, -0.05) is 48.2 Å². The van der Waals surface area contributed by atoms with Gasteiger partial charge in [-0.05, 0) is 31.2 Å². The van der Waals surface area contributed by atoms with E-state index in [4.69, 9.17) is 4.74 Å². The molecule has 0 amide bonds. The molecule has 0 spiro atoms. The van der Waals surface area contributed by atoms with Crippen molar-refractivity contribution in [1.29, 1.82) is 0 Å². The van der Waals surface area contributed by atoms with Gasteiger partial charge in [0.1, 0.15) is 5.03 Å². The highest BCUT2D eigenvalue weighted by Gasteiger charge is 2.14. The molecule has 0 aliphatic heterocycles. The second-order valence-corrected chi connectivity index (χ2v) is 5.75. The van der Waals surface area contributed by atoms with Gasteiger partial charge in [-0.2, -0.15) is 0 Å². The second-order valence-electron chi connectivity index (χ2n) is 4.66. The minimum atomic E-state index is -0.309. The van der Waals surface area contributed by atoms with Crippen molar-refractivity contribution in [2.24, 2.45) is 0 Å². The highest BCUT2D eigenvalue weighted by Crippen LogP contribution is 2.29. The number of aromatic nitrogens is 1. The summed E-state index contributed by atoms with van der Waals surface area (Å²) in [6.07, 6.45) is 0. The number of carbonyl (C=O) groups excluding carboxylic acids is 1. The van der Waals surface area contributed by atoms with Gasteiger partial charge in [-0.25, -0.2) is 9.78 Å². The maximum absolute atomic E-state index is 12.2. The number of para-hydroxylation sites is 1. The van der Waals surface area contributed by atoms with E-state index in [1.165, 1.54) is 11.8 Å². The zero-order valence-electron chi connectivity index (χ0n) is 12.2. The maximum atomic E-state index is 12.2. The summed E-state index contributed by atoms with van der Waals surface area (Å²) in [5.41, 5.74) is 1.36. The van der Waals surface area contributed by atoms with Crippen molar-refractivity contribution in [3.63, 3.8) is 0 Å². The quantitative estimate of drug-likeness (QED) is 0.662. The van der Waals surface area contributed by atoms with E-state index >= 15 is 0 Å². The third kappa shape index (κ3) is 3.12. The molecule has 110 valence electrons. The Morgan fingerprint density at radius 1 is 1.09 bits per heavy atom. The zero-order chi connectivity index (χ0) is 15.4. The highest BCUT2D eigenvalue weighted by atomic mass is 32.2. The molecular formula is C18H15NO2S. The van der Waals surface area contributed by atoms with Crippen LogP contribution in [-0.4, -0.2) is 17.6 Å². The van der Waals surface area contributed by atoms with Crippen molar-refractivity contribution in [3.8, 4) is 0 Å². The Morgan fingerprint density at radius 2 is 1.82 bits per heavy atom. The Labute approximate surface area is 133 Å². The van der Waals surface area contributed by atoms with E-state index < -0.39 is 0 Å². The fraction of sp³-hybridized carbons (Fsp3) is 0.111. The molecule has 2 aromatic carbocycles. The third-order valence-electron chi connectivity index (χ3n) is 3.15. The molecular weight excluding hydrogens is 294 g/mol. The molecule has 3 aromatic rings. The lowest BCUT2D eigenvalue weighted by Gasteiger charge is -2.09. The number of esters is 1. The van der Waals surface area contributed by atoms with Crippen molar-refractivity contribution in [2.75, 3.05) is 6.61 Å². The predicted octanol–water partition coefficient (Wildman–Crippen LogP) is 4.56. The SMILES string of the molecule is CCOC(=O)c1cc(Sc2ccccc2)nc2ccccc12. The van der Waals surface area contributed by atoms with Crippen molar-refractivity contribution in [1.82, 2.24) is 4.98 Å². The Hall–Kier alpha value is -2.33. The number of fused-ring (bicyclic) bond motifs is 1. The fourth-order valence-electron chi connectivity index (χ4n) is 2.19. The molecule has 0 aliphatic rings. The molecule has 0 saturated carbocycles. The molecule has 1 heterocycles. The number of hydrogen-bond donors (Lipinski definition) is 0. The summed E-state index contributed by atoms with van der Waals surface area (Å²) in [6.45, 7) is 2.16. The molecule has 0 unspecified atom stereocenters. The van der Waals surface area contributed by atoms with Crippen LogP contribution in [0, 0.1) is 0 Å². The van der Waals surface area contributed by atoms with Crippen LogP contribution in [0.5, 0.6) is 0 Å². The molecule has 1 aromatic heterocycles. The standard InChI is InChI=1S/C18H15NO2S/c1-2-21-18(20)15-12-17(22-13-8-4-3-5-9-13)19-16-11-7-6-10-14(15)16/h3-12H,2H2,1H3. The molecule has 4 heteroatoms. The van der Waals surface area contributed by atoms with E-state index in [1.807, 2.05) is 54.6 Å². The molecule has 0 aliphatic carbocycles. The van der Waals surface area contributed by atoms with Gasteiger partial charge in [0.15, 0.2) is 0 Å². The normalized spacial score (nSPS) is 10.6. The second kappa shape index (κ2) is 6.62. The fourth-order valence-corrected chi connectivity index (χ4v) is 3.05. The lowest BCUT2D eigenvalue weighted by Crippen LogP contribution is -2.06. The van der Waals surface area contributed by atoms with Gasteiger partial charge in [0, 0.05) is 10.3 Å². The van der Waals surface area contributed by atoms with Gasteiger partial charge in [-0.3, -0.25) is 0 Å². The van der Waals surface area contributed by atoms with E-state index in [0.717, 1.165) is 20.8 Å². The van der Waals surface area contributed by atoms with Gasteiger partial charge in [0.25, 0.3) is 0 Å². The van der Waals surface area contributed by atoms with E-state index in [9.17, 15) is 4.79 Å². The predicted molar refractivity (Wildman–Crippen MR) is 88.3 cm³/mol. The monoisotopic (exact) mass is 309 g/mol. The van der Waals surface area contributed by atoms with Gasteiger partial charge >= 0.3 is 5.97 Å². The van der Waals surface area contributed by atoms with Crippen LogP contribution in [0.3, 0.4) is 0 Å². The van der Waals surface area contributed by atoms with Crippen LogP contribution in [0.2, 0.25) is 0 Å². The first-order chi connectivity index (χ1) is 10.8. The van der Waals surface area contributed by atoms with Crippen molar-refractivity contribution < 1.29 is 9.53 Å². The number of nitrogens with zero attached hydrogens (tertiary/aromatic N) is 1. The summed E-state index contributed by atoms with van der Waals surface area (Å²) in [4.78, 5) is 17.9. The molecule has 0 atom stereocenters. The first-order valence-corrected chi connectivity index (χ1v) is 7.89. The van der Waals surface area contributed by atoms with Crippen LogP contribution in [0.4, 0.5) is 0 Å². The number of pyridine rings is 1. The van der Waals surface area contributed by atoms with Crippen molar-refractivity contribution in [2.45, 2.75) is 16.8 Å². The summed E-state index contributed by atoms with van der Waals surface area (Å²) in [5.74, 6) is -0.309. The van der Waals surface area contributed by atoms with E-state index in [-0.39, 0.29) is 5.97 Å². The lowest BCUT2D eigenvalue weighted by molar-refractivity contribution is 0.0528. The molecule has 3 nitrogen and oxygen atoms in total. The maximum Gasteiger partial charge on any atom is 0.338 e. The molecule has 0 bridgehead atoms. The summed E-state index contributed by atoms with van der Waals surface area (Å²) < 4.78 is 5.17. The molecule has 0 fully saturated rings. The smallest absolute Gasteiger partial charge is 0.338 e. The van der Waals surface area contributed by atoms with Crippen LogP contribution in [-0.2, 0) is 4.74 Å². The van der Waals surface area contributed by atoms with Gasteiger partial charge in [0.05, 0.1) is 17.7 Å². The summed E-state index contributed by atoms with van der Waals surface area (Å²) in [6, 6.07) is 19.4. The van der Waals surface area contributed by atoms with Crippen molar-refractivity contribution >= 4 is 28.6 Å². The molecule has 0 saturated heterocycles.